The van der Waals surface area contributed by atoms with Crippen LogP contribution < -0.4 is 0 Å². The molecule has 0 aliphatic carbocycles. The second-order valence-corrected chi connectivity index (χ2v) is 10.9. The van der Waals surface area contributed by atoms with Gasteiger partial charge in [-0.2, -0.15) is 0 Å². The van der Waals surface area contributed by atoms with Crippen molar-refractivity contribution in [1.82, 2.24) is 0 Å². The van der Waals surface area contributed by atoms with Crippen LogP contribution in [0.4, 0.5) is 0 Å². The number of carbonyl (C=O) groups excluding carboxylic acids is 3. The van der Waals surface area contributed by atoms with Crippen molar-refractivity contribution in [3.63, 3.8) is 0 Å². The van der Waals surface area contributed by atoms with Crippen LogP contribution in [0.1, 0.15) is 153 Å². The molecule has 1 aromatic carbocycles. The third-order valence-electron chi connectivity index (χ3n) is 7.11. The molecule has 0 amide bonds. The Bertz CT molecular complexity index is 725. The molecule has 0 aliphatic rings. The van der Waals surface area contributed by atoms with E-state index >= 15 is 0 Å². The van der Waals surface area contributed by atoms with Crippen LogP contribution in [0.25, 0.3) is 0 Å². The van der Waals surface area contributed by atoms with Crippen LogP contribution in [0.2, 0.25) is 0 Å². The molecule has 0 saturated heterocycles. The molecule has 0 fully saturated rings. The number of hydrogen-bond acceptors (Lipinski definition) is 6. The first-order valence-electron chi connectivity index (χ1n) is 16.1. The average Bonchev–Trinajstić information content (AvgIpc) is 2.97. The van der Waals surface area contributed by atoms with Gasteiger partial charge < -0.3 is 14.2 Å². The van der Waals surface area contributed by atoms with E-state index in [1.54, 1.807) is 24.3 Å². The van der Waals surface area contributed by atoms with Gasteiger partial charge in [-0.05, 0) is 25.0 Å². The standard InChI is InChI=1S/C34H56O6/c1-3-5-7-9-11-13-15-17-22-26-32(35)38-28-31(40-34(37)30-24-20-19-21-25-30)29-39-33(36)27-23-18-16-14-12-10-8-6-4-2/h19-21,24-25,31H,3-18,22-23,26-29H2,1-2H3. The van der Waals surface area contributed by atoms with E-state index in [1.807, 2.05) is 6.07 Å². The van der Waals surface area contributed by atoms with Crippen molar-refractivity contribution >= 4 is 17.9 Å². The van der Waals surface area contributed by atoms with Gasteiger partial charge in [0.25, 0.3) is 0 Å². The van der Waals surface area contributed by atoms with Gasteiger partial charge in [-0.3, -0.25) is 9.59 Å². The van der Waals surface area contributed by atoms with Crippen LogP contribution in [0.5, 0.6) is 0 Å². The maximum absolute atomic E-state index is 12.6. The molecule has 0 bridgehead atoms. The Morgan fingerprint density at radius 1 is 0.550 bits per heavy atom. The van der Waals surface area contributed by atoms with Crippen LogP contribution in [0.15, 0.2) is 30.3 Å². The van der Waals surface area contributed by atoms with Crippen LogP contribution in [-0.2, 0) is 23.8 Å². The number of unbranched alkanes of at least 4 members (excludes halogenated alkanes) is 16. The minimum atomic E-state index is -0.841. The largest absolute Gasteiger partial charge is 0.462 e. The molecule has 0 N–H and O–H groups in total. The van der Waals surface area contributed by atoms with Gasteiger partial charge in [-0.25, -0.2) is 4.79 Å². The van der Waals surface area contributed by atoms with E-state index in [0.717, 1.165) is 38.5 Å². The van der Waals surface area contributed by atoms with Crippen molar-refractivity contribution in [3.05, 3.63) is 35.9 Å². The van der Waals surface area contributed by atoms with Crippen molar-refractivity contribution in [2.45, 2.75) is 148 Å². The Kier molecular flexibility index (Phi) is 22.8. The lowest BCUT2D eigenvalue weighted by Gasteiger charge is -2.18. The van der Waals surface area contributed by atoms with E-state index in [0.29, 0.717) is 18.4 Å². The summed E-state index contributed by atoms with van der Waals surface area (Å²) >= 11 is 0. The Morgan fingerprint density at radius 2 is 0.925 bits per heavy atom. The fraction of sp³-hybridized carbons (Fsp3) is 0.735. The van der Waals surface area contributed by atoms with Crippen molar-refractivity contribution in [1.29, 1.82) is 0 Å². The van der Waals surface area contributed by atoms with Crippen LogP contribution in [0.3, 0.4) is 0 Å². The molecule has 6 nitrogen and oxygen atoms in total. The number of benzene rings is 1. The van der Waals surface area contributed by atoms with Gasteiger partial charge in [0.1, 0.15) is 13.2 Å². The van der Waals surface area contributed by atoms with Gasteiger partial charge in [0.15, 0.2) is 6.10 Å². The topological polar surface area (TPSA) is 78.9 Å². The summed E-state index contributed by atoms with van der Waals surface area (Å²) in [6.45, 7) is 4.20. The highest BCUT2D eigenvalue weighted by atomic mass is 16.6. The van der Waals surface area contributed by atoms with Crippen molar-refractivity contribution in [3.8, 4) is 0 Å². The lowest BCUT2D eigenvalue weighted by molar-refractivity contribution is -0.152. The smallest absolute Gasteiger partial charge is 0.338 e. The predicted octanol–water partition coefficient (Wildman–Crippen LogP) is 9.14. The minimum Gasteiger partial charge on any atom is -0.462 e. The Morgan fingerprint density at radius 3 is 1.32 bits per heavy atom. The normalized spacial score (nSPS) is 11.0. The first-order valence-corrected chi connectivity index (χ1v) is 16.1. The van der Waals surface area contributed by atoms with Crippen molar-refractivity contribution in [2.24, 2.45) is 0 Å². The second-order valence-electron chi connectivity index (χ2n) is 10.9. The zero-order valence-corrected chi connectivity index (χ0v) is 25.5. The molecule has 0 spiro atoms. The highest BCUT2D eigenvalue weighted by Crippen LogP contribution is 2.13. The van der Waals surface area contributed by atoms with E-state index in [-0.39, 0.29) is 25.2 Å². The quantitative estimate of drug-likeness (QED) is 0.0638. The molecular formula is C34H56O6. The molecule has 0 atom stereocenters. The maximum atomic E-state index is 12.6. The summed E-state index contributed by atoms with van der Waals surface area (Å²) in [5, 5.41) is 0. The van der Waals surface area contributed by atoms with Gasteiger partial charge >= 0.3 is 17.9 Å². The van der Waals surface area contributed by atoms with Crippen molar-refractivity contribution < 1.29 is 28.6 Å². The Labute approximate surface area is 243 Å². The average molecular weight is 561 g/mol. The van der Waals surface area contributed by atoms with Crippen LogP contribution in [0, 0.1) is 0 Å². The lowest BCUT2D eigenvalue weighted by atomic mass is 10.1. The Hall–Kier alpha value is -2.37. The number of ether oxygens (including phenoxy) is 3. The third kappa shape index (κ3) is 20.5. The van der Waals surface area contributed by atoms with E-state index in [2.05, 4.69) is 13.8 Å². The molecule has 0 unspecified atom stereocenters. The van der Waals surface area contributed by atoms with Gasteiger partial charge in [-0.1, -0.05) is 135 Å². The van der Waals surface area contributed by atoms with Crippen molar-refractivity contribution in [2.75, 3.05) is 13.2 Å². The first kappa shape index (κ1) is 35.7. The predicted molar refractivity (Wildman–Crippen MR) is 161 cm³/mol. The van der Waals surface area contributed by atoms with E-state index in [4.69, 9.17) is 14.2 Å². The summed E-state index contributed by atoms with van der Waals surface area (Å²) in [6.07, 6.45) is 21.0. The molecule has 0 saturated carbocycles. The summed E-state index contributed by atoms with van der Waals surface area (Å²) in [5.41, 5.74) is 0.398. The summed E-state index contributed by atoms with van der Waals surface area (Å²) in [5.74, 6) is -1.16. The van der Waals surface area contributed by atoms with E-state index in [9.17, 15) is 14.4 Å². The monoisotopic (exact) mass is 560 g/mol. The van der Waals surface area contributed by atoms with Gasteiger partial charge in [0, 0.05) is 12.8 Å². The fourth-order valence-corrected chi connectivity index (χ4v) is 4.59. The summed E-state index contributed by atoms with van der Waals surface area (Å²) in [6, 6.07) is 8.64. The zero-order valence-electron chi connectivity index (χ0n) is 25.5. The summed E-state index contributed by atoms with van der Waals surface area (Å²) in [4.78, 5) is 37.1. The molecule has 0 radical (unpaired) electrons. The van der Waals surface area contributed by atoms with Gasteiger partial charge in [0.2, 0.25) is 0 Å². The highest BCUT2D eigenvalue weighted by molar-refractivity contribution is 5.89. The molecule has 0 heterocycles. The molecule has 40 heavy (non-hydrogen) atoms. The fourth-order valence-electron chi connectivity index (χ4n) is 4.59. The highest BCUT2D eigenvalue weighted by Gasteiger charge is 2.20. The van der Waals surface area contributed by atoms with Gasteiger partial charge in [0.05, 0.1) is 5.56 Å². The second kappa shape index (κ2) is 25.6. The number of carbonyl (C=O) groups is 3. The minimum absolute atomic E-state index is 0.125. The number of hydrogen-bond donors (Lipinski definition) is 0. The van der Waals surface area contributed by atoms with Crippen LogP contribution in [-0.4, -0.2) is 37.2 Å². The third-order valence-corrected chi connectivity index (χ3v) is 7.11. The maximum Gasteiger partial charge on any atom is 0.338 e. The molecule has 228 valence electrons. The SMILES string of the molecule is CCCCCCCCCCCC(=O)OCC(COC(=O)CCCCCCCCCCC)OC(=O)c1ccccc1. The van der Waals surface area contributed by atoms with E-state index in [1.165, 1.54) is 77.0 Å². The number of rotatable bonds is 26. The molecule has 0 aromatic heterocycles. The molecular weight excluding hydrogens is 504 g/mol. The first-order chi connectivity index (χ1) is 19.6. The van der Waals surface area contributed by atoms with E-state index < -0.39 is 12.1 Å². The zero-order chi connectivity index (χ0) is 29.1. The number of esters is 3. The molecule has 1 aromatic rings. The Balaban J connectivity index is 2.32. The lowest BCUT2D eigenvalue weighted by Crippen LogP contribution is -2.31. The van der Waals surface area contributed by atoms with Gasteiger partial charge in [-0.15, -0.1) is 0 Å². The molecule has 6 heteroatoms. The summed E-state index contributed by atoms with van der Waals surface area (Å²) < 4.78 is 16.3. The molecule has 1 rings (SSSR count). The van der Waals surface area contributed by atoms with Crippen LogP contribution >= 0.6 is 0 Å². The summed E-state index contributed by atoms with van der Waals surface area (Å²) in [7, 11) is 0. The molecule has 0 aliphatic heterocycles.